The van der Waals surface area contributed by atoms with Crippen LogP contribution in [0, 0.1) is 0 Å². The summed E-state index contributed by atoms with van der Waals surface area (Å²) >= 11 is 1.48. The number of aromatic nitrogens is 1. The molecule has 0 saturated carbocycles. The topological polar surface area (TPSA) is 50.9 Å². The minimum Gasteiger partial charge on any atom is -0.375 e. The number of nitrogen functional groups attached to an aromatic ring is 1. The first-order chi connectivity index (χ1) is 4.83. The molecule has 0 aliphatic heterocycles. The zero-order chi connectivity index (χ0) is 7.40. The smallest absolute Gasteiger partial charge is 0.180 e. The highest BCUT2D eigenvalue weighted by Gasteiger charge is 1.95. The maximum Gasteiger partial charge on any atom is 0.180 e. The van der Waals surface area contributed by atoms with Gasteiger partial charge in [-0.05, 0) is 6.54 Å². The minimum atomic E-state index is 0.646. The van der Waals surface area contributed by atoms with E-state index in [2.05, 4.69) is 17.2 Å². The fourth-order valence-electron chi connectivity index (χ4n) is 0.657. The molecule has 0 amide bonds. The lowest BCUT2D eigenvalue weighted by Gasteiger charge is -1.94. The molecule has 0 radical (unpaired) electrons. The van der Waals surface area contributed by atoms with E-state index in [0.717, 1.165) is 18.8 Å². The summed E-state index contributed by atoms with van der Waals surface area (Å²) in [7, 11) is 0. The van der Waals surface area contributed by atoms with E-state index in [1.165, 1.54) is 11.3 Å². The SMILES string of the molecule is CCNCc1csc(N)n1. The molecule has 0 saturated heterocycles. The second-order valence-electron chi connectivity index (χ2n) is 1.96. The largest absolute Gasteiger partial charge is 0.375 e. The molecule has 0 fully saturated rings. The second-order valence-corrected chi connectivity index (χ2v) is 2.85. The van der Waals surface area contributed by atoms with E-state index in [4.69, 9.17) is 5.73 Å². The summed E-state index contributed by atoms with van der Waals surface area (Å²) in [5.41, 5.74) is 6.46. The summed E-state index contributed by atoms with van der Waals surface area (Å²) in [6.45, 7) is 3.86. The second kappa shape index (κ2) is 3.53. The van der Waals surface area contributed by atoms with Crippen molar-refractivity contribution in [3.05, 3.63) is 11.1 Å². The molecule has 0 aromatic carbocycles. The van der Waals surface area contributed by atoms with Gasteiger partial charge in [0.2, 0.25) is 0 Å². The Bertz CT molecular complexity index is 197. The molecule has 0 atom stereocenters. The van der Waals surface area contributed by atoms with Crippen LogP contribution in [0.15, 0.2) is 5.38 Å². The van der Waals surface area contributed by atoms with Crippen molar-refractivity contribution < 1.29 is 0 Å². The van der Waals surface area contributed by atoms with Crippen molar-refractivity contribution in [1.29, 1.82) is 0 Å². The summed E-state index contributed by atoms with van der Waals surface area (Å²) in [6, 6.07) is 0. The molecule has 1 aromatic rings. The van der Waals surface area contributed by atoms with Crippen LogP contribution in [0.5, 0.6) is 0 Å². The highest BCUT2D eigenvalue weighted by atomic mass is 32.1. The van der Waals surface area contributed by atoms with Crippen LogP contribution in [0.2, 0.25) is 0 Å². The van der Waals surface area contributed by atoms with Gasteiger partial charge < -0.3 is 11.1 Å². The van der Waals surface area contributed by atoms with Gasteiger partial charge in [0, 0.05) is 11.9 Å². The molecule has 1 aromatic heterocycles. The zero-order valence-corrected chi connectivity index (χ0v) is 6.74. The molecule has 0 unspecified atom stereocenters. The Morgan fingerprint density at radius 3 is 3.10 bits per heavy atom. The highest BCUT2D eigenvalue weighted by molar-refractivity contribution is 7.13. The standard InChI is InChI=1S/C6H11N3S/c1-2-8-3-5-4-10-6(7)9-5/h4,8H,2-3H2,1H3,(H2,7,9). The van der Waals surface area contributed by atoms with Gasteiger partial charge in [0.05, 0.1) is 5.69 Å². The van der Waals surface area contributed by atoms with Crippen molar-refractivity contribution in [2.24, 2.45) is 0 Å². The predicted octanol–water partition coefficient (Wildman–Crippen LogP) is 0.835. The van der Waals surface area contributed by atoms with Crippen LogP contribution in [0.3, 0.4) is 0 Å². The highest BCUT2D eigenvalue weighted by Crippen LogP contribution is 2.09. The fourth-order valence-corrected chi connectivity index (χ4v) is 1.22. The van der Waals surface area contributed by atoms with Crippen LogP contribution in [-0.4, -0.2) is 11.5 Å². The van der Waals surface area contributed by atoms with Gasteiger partial charge in [0.25, 0.3) is 0 Å². The Kier molecular flexibility index (Phi) is 2.65. The molecule has 0 aliphatic rings. The number of nitrogens with two attached hydrogens (primary N) is 1. The van der Waals surface area contributed by atoms with Crippen molar-refractivity contribution in [2.45, 2.75) is 13.5 Å². The molecule has 1 rings (SSSR count). The molecule has 0 spiro atoms. The number of rotatable bonds is 3. The van der Waals surface area contributed by atoms with E-state index in [1.54, 1.807) is 0 Å². The first kappa shape index (κ1) is 7.50. The Morgan fingerprint density at radius 2 is 2.60 bits per heavy atom. The molecule has 3 nitrogen and oxygen atoms in total. The lowest BCUT2D eigenvalue weighted by Crippen LogP contribution is -2.11. The predicted molar refractivity (Wildman–Crippen MR) is 43.9 cm³/mol. The maximum atomic E-state index is 5.43. The quantitative estimate of drug-likeness (QED) is 0.683. The monoisotopic (exact) mass is 157 g/mol. The first-order valence-electron chi connectivity index (χ1n) is 3.23. The van der Waals surface area contributed by atoms with Crippen molar-refractivity contribution in [1.82, 2.24) is 10.3 Å². The van der Waals surface area contributed by atoms with Crippen LogP contribution in [-0.2, 0) is 6.54 Å². The number of nitrogens with zero attached hydrogens (tertiary/aromatic N) is 1. The van der Waals surface area contributed by atoms with Gasteiger partial charge in [0.15, 0.2) is 5.13 Å². The lowest BCUT2D eigenvalue weighted by atomic mass is 10.5. The third kappa shape index (κ3) is 1.97. The number of nitrogens with one attached hydrogen (secondary N) is 1. The van der Waals surface area contributed by atoms with E-state index >= 15 is 0 Å². The summed E-state index contributed by atoms with van der Waals surface area (Å²) < 4.78 is 0. The van der Waals surface area contributed by atoms with Crippen molar-refractivity contribution in [3.8, 4) is 0 Å². The van der Waals surface area contributed by atoms with Crippen molar-refractivity contribution in [2.75, 3.05) is 12.3 Å². The van der Waals surface area contributed by atoms with E-state index < -0.39 is 0 Å². The molecule has 1 heterocycles. The number of hydrogen-bond donors (Lipinski definition) is 2. The van der Waals surface area contributed by atoms with E-state index in [1.807, 2.05) is 5.38 Å². The van der Waals surface area contributed by atoms with Gasteiger partial charge in [-0.2, -0.15) is 0 Å². The van der Waals surface area contributed by atoms with Gasteiger partial charge in [-0.25, -0.2) is 4.98 Å². The van der Waals surface area contributed by atoms with Gasteiger partial charge in [-0.1, -0.05) is 6.92 Å². The third-order valence-corrected chi connectivity index (χ3v) is 1.85. The minimum absolute atomic E-state index is 0.646. The summed E-state index contributed by atoms with van der Waals surface area (Å²) in [5.74, 6) is 0. The third-order valence-electron chi connectivity index (χ3n) is 1.13. The van der Waals surface area contributed by atoms with Crippen molar-refractivity contribution in [3.63, 3.8) is 0 Å². The molecular weight excluding hydrogens is 146 g/mol. The Morgan fingerprint density at radius 1 is 1.80 bits per heavy atom. The molecule has 56 valence electrons. The van der Waals surface area contributed by atoms with Crippen LogP contribution >= 0.6 is 11.3 Å². The average molecular weight is 157 g/mol. The van der Waals surface area contributed by atoms with Crippen LogP contribution in [0.25, 0.3) is 0 Å². The fraction of sp³-hybridized carbons (Fsp3) is 0.500. The number of hydrogen-bond acceptors (Lipinski definition) is 4. The number of thiazole rings is 1. The van der Waals surface area contributed by atoms with Crippen LogP contribution in [0.1, 0.15) is 12.6 Å². The molecule has 3 N–H and O–H groups in total. The van der Waals surface area contributed by atoms with Gasteiger partial charge >= 0.3 is 0 Å². The van der Waals surface area contributed by atoms with E-state index in [-0.39, 0.29) is 0 Å². The Hall–Kier alpha value is -0.610. The maximum absolute atomic E-state index is 5.43. The molecule has 0 bridgehead atoms. The van der Waals surface area contributed by atoms with E-state index in [0.29, 0.717) is 5.13 Å². The first-order valence-corrected chi connectivity index (χ1v) is 4.11. The van der Waals surface area contributed by atoms with Gasteiger partial charge in [-0.15, -0.1) is 11.3 Å². The van der Waals surface area contributed by atoms with Gasteiger partial charge in [-0.3, -0.25) is 0 Å². The molecule has 10 heavy (non-hydrogen) atoms. The lowest BCUT2D eigenvalue weighted by molar-refractivity contribution is 0.715. The molecule has 4 heteroatoms. The Labute approximate surface area is 64.3 Å². The van der Waals surface area contributed by atoms with Crippen molar-refractivity contribution >= 4 is 16.5 Å². The normalized spacial score (nSPS) is 10.1. The van der Waals surface area contributed by atoms with Crippen LogP contribution in [0.4, 0.5) is 5.13 Å². The van der Waals surface area contributed by atoms with E-state index in [9.17, 15) is 0 Å². The molecular formula is C6H11N3S. The summed E-state index contributed by atoms with van der Waals surface area (Å²) in [5, 5.41) is 5.78. The van der Waals surface area contributed by atoms with Crippen LogP contribution < -0.4 is 11.1 Å². The summed E-state index contributed by atoms with van der Waals surface area (Å²) in [6.07, 6.45) is 0. The Balaban J connectivity index is 2.42. The number of anilines is 1. The van der Waals surface area contributed by atoms with Gasteiger partial charge in [0.1, 0.15) is 0 Å². The zero-order valence-electron chi connectivity index (χ0n) is 5.92. The summed E-state index contributed by atoms with van der Waals surface area (Å²) in [4.78, 5) is 4.08. The molecule has 0 aliphatic carbocycles. The average Bonchev–Trinajstić information content (AvgIpc) is 2.31.